The molecule has 114 valence electrons. The lowest BCUT2D eigenvalue weighted by Gasteiger charge is -2.23. The zero-order valence-electron chi connectivity index (χ0n) is 12.3. The van der Waals surface area contributed by atoms with Gasteiger partial charge in [0.05, 0.1) is 0 Å². The number of hydrogen-bond donors (Lipinski definition) is 1. The van der Waals surface area contributed by atoms with Gasteiger partial charge in [0.25, 0.3) is 0 Å². The summed E-state index contributed by atoms with van der Waals surface area (Å²) in [5.74, 6) is 0.728. The Morgan fingerprint density at radius 2 is 1.91 bits per heavy atom. The molecule has 0 saturated carbocycles. The number of benzene rings is 2. The van der Waals surface area contributed by atoms with Crippen molar-refractivity contribution in [2.24, 2.45) is 0 Å². The van der Waals surface area contributed by atoms with Crippen molar-refractivity contribution < 1.29 is 9.13 Å². The summed E-state index contributed by atoms with van der Waals surface area (Å²) in [6, 6.07) is 17.4. The van der Waals surface area contributed by atoms with Gasteiger partial charge in [0.1, 0.15) is 5.75 Å². The number of nitrogens with one attached hydrogen (secondary N) is 1. The minimum Gasteiger partial charge on any atom is -0.482 e. The summed E-state index contributed by atoms with van der Waals surface area (Å²) in [6.45, 7) is 0.249. The van der Waals surface area contributed by atoms with E-state index in [-0.39, 0.29) is 6.54 Å². The molecule has 0 amide bonds. The van der Waals surface area contributed by atoms with Crippen LogP contribution < -0.4 is 10.1 Å². The first-order valence-electron chi connectivity index (χ1n) is 7.26. The molecule has 3 aromatic rings. The molecule has 0 fully saturated rings. The predicted molar refractivity (Wildman–Crippen MR) is 90.5 cm³/mol. The Kier molecular flexibility index (Phi) is 4.71. The van der Waals surface area contributed by atoms with Crippen molar-refractivity contribution in [2.75, 3.05) is 13.6 Å². The van der Waals surface area contributed by atoms with Gasteiger partial charge in [0, 0.05) is 16.6 Å². The molecule has 1 heterocycles. The van der Waals surface area contributed by atoms with E-state index < -0.39 is 12.3 Å². The largest absolute Gasteiger partial charge is 0.482 e. The number of fused-ring (bicyclic) bond motifs is 1. The first-order chi connectivity index (χ1) is 10.8. The minimum absolute atomic E-state index is 0.249. The van der Waals surface area contributed by atoms with Crippen LogP contribution in [0.2, 0.25) is 0 Å². The monoisotopic (exact) mass is 315 g/mol. The van der Waals surface area contributed by atoms with E-state index in [0.29, 0.717) is 0 Å². The second-order valence-corrected chi connectivity index (χ2v) is 6.06. The zero-order chi connectivity index (χ0) is 15.4. The summed E-state index contributed by atoms with van der Waals surface area (Å²) < 4.78 is 21.8. The number of ether oxygens (including phenoxy) is 1. The lowest BCUT2D eigenvalue weighted by Crippen LogP contribution is -2.29. The molecule has 2 atom stereocenters. The van der Waals surface area contributed by atoms with E-state index in [4.69, 9.17) is 4.74 Å². The fourth-order valence-corrected chi connectivity index (χ4v) is 3.30. The lowest BCUT2D eigenvalue weighted by atomic mass is 10.0. The van der Waals surface area contributed by atoms with Crippen LogP contribution in [-0.2, 0) is 0 Å². The minimum atomic E-state index is -1.12. The Bertz CT molecular complexity index is 728. The van der Waals surface area contributed by atoms with E-state index in [1.54, 1.807) is 18.4 Å². The van der Waals surface area contributed by atoms with Crippen molar-refractivity contribution in [1.82, 2.24) is 5.32 Å². The van der Waals surface area contributed by atoms with Crippen LogP contribution in [-0.4, -0.2) is 19.8 Å². The van der Waals surface area contributed by atoms with Gasteiger partial charge in [0.15, 0.2) is 12.3 Å². The van der Waals surface area contributed by atoms with Crippen molar-refractivity contribution in [2.45, 2.75) is 12.3 Å². The highest BCUT2D eigenvalue weighted by molar-refractivity contribution is 7.17. The van der Waals surface area contributed by atoms with Crippen molar-refractivity contribution in [3.05, 3.63) is 65.5 Å². The Morgan fingerprint density at radius 1 is 1.09 bits per heavy atom. The summed E-state index contributed by atoms with van der Waals surface area (Å²) in [6.07, 6.45) is -1.75. The molecule has 0 aliphatic rings. The molecule has 1 N–H and O–H groups in total. The Morgan fingerprint density at radius 3 is 2.68 bits per heavy atom. The van der Waals surface area contributed by atoms with Gasteiger partial charge in [-0.05, 0) is 36.2 Å². The van der Waals surface area contributed by atoms with E-state index in [0.717, 1.165) is 21.4 Å². The molecular weight excluding hydrogens is 297 g/mol. The Balaban J connectivity index is 1.94. The fourth-order valence-electron chi connectivity index (χ4n) is 2.50. The van der Waals surface area contributed by atoms with Crippen molar-refractivity contribution >= 4 is 21.4 Å². The second-order valence-electron chi connectivity index (χ2n) is 5.11. The van der Waals surface area contributed by atoms with E-state index in [1.807, 2.05) is 60.0 Å². The van der Waals surface area contributed by atoms with E-state index in [1.165, 1.54) is 0 Å². The molecule has 1 aromatic heterocycles. The molecule has 2 nitrogen and oxygen atoms in total. The first kappa shape index (κ1) is 15.0. The maximum Gasteiger partial charge on any atom is 0.156 e. The van der Waals surface area contributed by atoms with Crippen LogP contribution >= 0.6 is 11.3 Å². The van der Waals surface area contributed by atoms with E-state index in [9.17, 15) is 4.39 Å². The highest BCUT2D eigenvalue weighted by atomic mass is 32.1. The van der Waals surface area contributed by atoms with E-state index >= 15 is 0 Å². The average molecular weight is 315 g/mol. The molecule has 0 bridgehead atoms. The van der Waals surface area contributed by atoms with Crippen LogP contribution in [0.4, 0.5) is 4.39 Å². The van der Waals surface area contributed by atoms with Gasteiger partial charge in [0.2, 0.25) is 0 Å². The maximum atomic E-state index is 14.6. The van der Waals surface area contributed by atoms with Gasteiger partial charge < -0.3 is 10.1 Å². The van der Waals surface area contributed by atoms with Crippen LogP contribution in [0.1, 0.15) is 11.7 Å². The van der Waals surface area contributed by atoms with Crippen molar-refractivity contribution in [3.8, 4) is 5.75 Å². The Hall–Kier alpha value is -1.91. The summed E-state index contributed by atoms with van der Waals surface area (Å²) in [4.78, 5) is 0. The van der Waals surface area contributed by atoms with Gasteiger partial charge in [-0.25, -0.2) is 4.39 Å². The molecule has 0 radical (unpaired) electrons. The Labute approximate surface area is 133 Å². The molecule has 0 unspecified atom stereocenters. The maximum absolute atomic E-state index is 14.6. The molecule has 2 aromatic carbocycles. The third kappa shape index (κ3) is 3.13. The molecule has 4 heteroatoms. The normalized spacial score (nSPS) is 13.9. The van der Waals surface area contributed by atoms with Crippen LogP contribution in [0.25, 0.3) is 10.1 Å². The highest BCUT2D eigenvalue weighted by Crippen LogP contribution is 2.34. The van der Waals surface area contributed by atoms with Gasteiger partial charge >= 0.3 is 0 Å². The highest BCUT2D eigenvalue weighted by Gasteiger charge is 2.25. The van der Waals surface area contributed by atoms with Crippen molar-refractivity contribution in [3.63, 3.8) is 0 Å². The second kappa shape index (κ2) is 6.90. The van der Waals surface area contributed by atoms with Gasteiger partial charge in [-0.15, -0.1) is 11.3 Å². The third-order valence-electron chi connectivity index (χ3n) is 3.57. The van der Waals surface area contributed by atoms with E-state index in [2.05, 4.69) is 5.32 Å². The summed E-state index contributed by atoms with van der Waals surface area (Å²) >= 11 is 1.66. The van der Waals surface area contributed by atoms with Crippen molar-refractivity contribution in [1.29, 1.82) is 0 Å². The summed E-state index contributed by atoms with van der Waals surface area (Å²) in [5.41, 5.74) is 0.845. The summed E-state index contributed by atoms with van der Waals surface area (Å²) in [7, 11) is 1.74. The molecule has 22 heavy (non-hydrogen) atoms. The number of rotatable bonds is 6. The number of thiophene rings is 1. The summed E-state index contributed by atoms with van der Waals surface area (Å²) in [5, 5.41) is 5.94. The van der Waals surface area contributed by atoms with Crippen LogP contribution in [0.15, 0.2) is 60.0 Å². The predicted octanol–water partition coefficient (Wildman–Crippen LogP) is 4.58. The fraction of sp³-hybridized carbons (Fsp3) is 0.222. The van der Waals surface area contributed by atoms with Crippen LogP contribution in [0.5, 0.6) is 5.75 Å². The molecular formula is C18H18FNOS. The number of alkyl halides is 1. The molecule has 0 saturated heterocycles. The lowest BCUT2D eigenvalue weighted by molar-refractivity contribution is 0.102. The van der Waals surface area contributed by atoms with Crippen LogP contribution in [0, 0.1) is 0 Å². The average Bonchev–Trinajstić information content (AvgIpc) is 3.03. The smallest absolute Gasteiger partial charge is 0.156 e. The SMILES string of the molecule is CNC[C@@H](F)[C@H](Oc1cccc2sccc12)c1ccccc1. The number of hydrogen-bond acceptors (Lipinski definition) is 3. The standard InChI is InChI=1S/C18H18FNOS/c1-20-12-15(19)18(13-6-3-2-4-7-13)21-16-8-5-9-17-14(16)10-11-22-17/h2-11,15,18,20H,12H2,1H3/t15-,18-/m1/s1. The molecule has 3 rings (SSSR count). The van der Waals surface area contributed by atoms with Gasteiger partial charge in [-0.1, -0.05) is 36.4 Å². The van der Waals surface area contributed by atoms with Gasteiger partial charge in [-0.3, -0.25) is 0 Å². The zero-order valence-corrected chi connectivity index (χ0v) is 13.1. The molecule has 0 spiro atoms. The topological polar surface area (TPSA) is 21.3 Å². The molecule has 0 aliphatic carbocycles. The molecule has 0 aliphatic heterocycles. The number of halogens is 1. The first-order valence-corrected chi connectivity index (χ1v) is 8.14. The third-order valence-corrected chi connectivity index (χ3v) is 4.45. The van der Waals surface area contributed by atoms with Gasteiger partial charge in [-0.2, -0.15) is 0 Å². The quantitative estimate of drug-likeness (QED) is 0.719. The van der Waals surface area contributed by atoms with Crippen LogP contribution in [0.3, 0.4) is 0 Å².